The van der Waals surface area contributed by atoms with Crippen molar-refractivity contribution in [3.63, 3.8) is 0 Å². The summed E-state index contributed by atoms with van der Waals surface area (Å²) in [5, 5.41) is 7.10. The molecule has 0 saturated carbocycles. The number of aromatic nitrogens is 1. The van der Waals surface area contributed by atoms with Crippen molar-refractivity contribution in [1.29, 1.82) is 0 Å². The van der Waals surface area contributed by atoms with Crippen LogP contribution < -0.4 is 10.1 Å². The molecule has 3 aromatic rings. The van der Waals surface area contributed by atoms with E-state index >= 15 is 0 Å². The monoisotopic (exact) mass is 422 g/mol. The van der Waals surface area contributed by atoms with Gasteiger partial charge in [-0.2, -0.15) is 0 Å². The molecule has 0 fully saturated rings. The molecule has 0 unspecified atom stereocenters. The Hall–Kier alpha value is -2.23. The minimum absolute atomic E-state index is 0.0922. The number of benzene rings is 1. The average Bonchev–Trinajstić information content (AvgIpc) is 3.33. The van der Waals surface area contributed by atoms with Crippen LogP contribution in [0.5, 0.6) is 5.75 Å². The van der Waals surface area contributed by atoms with Crippen molar-refractivity contribution in [3.05, 3.63) is 47.2 Å². The molecule has 6 nitrogen and oxygen atoms in total. The first-order valence-corrected chi connectivity index (χ1v) is 11.6. The predicted octanol–water partition coefficient (Wildman–Crippen LogP) is 4.07. The fourth-order valence-corrected chi connectivity index (χ4v) is 5.17. The SMILES string of the molecule is COc1ccc(S(=O)(=O)CCCC(=O)Nc2nc(-c3cccs3)cs2)cc1. The maximum Gasteiger partial charge on any atom is 0.226 e. The Morgan fingerprint density at radius 3 is 2.63 bits per heavy atom. The van der Waals surface area contributed by atoms with Crippen molar-refractivity contribution in [2.45, 2.75) is 17.7 Å². The summed E-state index contributed by atoms with van der Waals surface area (Å²) in [6.45, 7) is 0. The molecule has 0 aliphatic rings. The van der Waals surface area contributed by atoms with Gasteiger partial charge in [-0.25, -0.2) is 13.4 Å². The number of ether oxygens (including phenoxy) is 1. The van der Waals surface area contributed by atoms with E-state index in [0.717, 1.165) is 10.6 Å². The zero-order chi connectivity index (χ0) is 19.3. The number of rotatable bonds is 8. The maximum atomic E-state index is 12.3. The number of thiazole rings is 1. The van der Waals surface area contributed by atoms with Crippen molar-refractivity contribution in [1.82, 2.24) is 4.98 Å². The molecule has 0 aliphatic heterocycles. The summed E-state index contributed by atoms with van der Waals surface area (Å²) in [6, 6.07) is 10.1. The lowest BCUT2D eigenvalue weighted by Gasteiger charge is -2.06. The summed E-state index contributed by atoms with van der Waals surface area (Å²) in [5.41, 5.74) is 0.826. The minimum atomic E-state index is -3.43. The van der Waals surface area contributed by atoms with Crippen LogP contribution in [0.15, 0.2) is 52.1 Å². The fourth-order valence-electron chi connectivity index (χ4n) is 2.37. The first-order chi connectivity index (χ1) is 13.0. The normalized spacial score (nSPS) is 11.3. The Balaban J connectivity index is 1.50. The summed E-state index contributed by atoms with van der Waals surface area (Å²) in [7, 11) is -1.90. The van der Waals surface area contributed by atoms with Crippen molar-refractivity contribution in [2.75, 3.05) is 18.2 Å². The lowest BCUT2D eigenvalue weighted by Crippen LogP contribution is -2.14. The van der Waals surface area contributed by atoms with Crippen LogP contribution in [0, 0.1) is 0 Å². The molecule has 0 saturated heterocycles. The van der Waals surface area contributed by atoms with Gasteiger partial charge in [-0.15, -0.1) is 22.7 Å². The first-order valence-electron chi connectivity index (χ1n) is 8.14. The first kappa shape index (κ1) is 19.5. The van der Waals surface area contributed by atoms with Crippen molar-refractivity contribution < 1.29 is 17.9 Å². The molecule has 1 N–H and O–H groups in total. The number of amides is 1. The highest BCUT2D eigenvalue weighted by atomic mass is 32.2. The summed E-state index contributed by atoms with van der Waals surface area (Å²) in [5.74, 6) is 0.260. The minimum Gasteiger partial charge on any atom is -0.497 e. The number of nitrogens with one attached hydrogen (secondary N) is 1. The molecular formula is C18H18N2O4S3. The molecule has 0 aliphatic carbocycles. The number of thiophene rings is 1. The van der Waals surface area contributed by atoms with Gasteiger partial charge < -0.3 is 10.1 Å². The second-order valence-corrected chi connectivity index (χ2v) is 9.58. The molecule has 1 amide bonds. The van der Waals surface area contributed by atoms with E-state index in [9.17, 15) is 13.2 Å². The van der Waals surface area contributed by atoms with Gasteiger partial charge in [-0.05, 0) is 42.1 Å². The van der Waals surface area contributed by atoms with E-state index in [1.54, 1.807) is 23.5 Å². The van der Waals surface area contributed by atoms with Gasteiger partial charge in [0.2, 0.25) is 5.91 Å². The third-order valence-corrected chi connectivity index (χ3v) is 7.23. The van der Waals surface area contributed by atoms with Gasteiger partial charge in [0.05, 0.1) is 28.3 Å². The van der Waals surface area contributed by atoms with E-state index in [1.807, 2.05) is 22.9 Å². The van der Waals surface area contributed by atoms with Crippen LogP contribution >= 0.6 is 22.7 Å². The highest BCUT2D eigenvalue weighted by Crippen LogP contribution is 2.28. The Morgan fingerprint density at radius 1 is 1.19 bits per heavy atom. The van der Waals surface area contributed by atoms with Crippen molar-refractivity contribution >= 4 is 43.5 Å². The molecule has 2 heterocycles. The van der Waals surface area contributed by atoms with Crippen molar-refractivity contribution in [2.24, 2.45) is 0 Å². The molecule has 27 heavy (non-hydrogen) atoms. The topological polar surface area (TPSA) is 85.4 Å². The zero-order valence-electron chi connectivity index (χ0n) is 14.5. The Kier molecular flexibility index (Phi) is 6.25. The highest BCUT2D eigenvalue weighted by Gasteiger charge is 2.16. The number of sulfone groups is 1. The largest absolute Gasteiger partial charge is 0.497 e. The molecule has 0 spiro atoms. The van der Waals surface area contributed by atoms with Crippen LogP contribution in [0.1, 0.15) is 12.8 Å². The lowest BCUT2D eigenvalue weighted by molar-refractivity contribution is -0.116. The molecule has 142 valence electrons. The predicted molar refractivity (Wildman–Crippen MR) is 108 cm³/mol. The second-order valence-electron chi connectivity index (χ2n) is 5.66. The van der Waals surface area contributed by atoms with E-state index in [2.05, 4.69) is 10.3 Å². The van der Waals surface area contributed by atoms with Gasteiger partial charge in [0.25, 0.3) is 0 Å². The van der Waals surface area contributed by atoms with E-state index in [0.29, 0.717) is 10.9 Å². The Morgan fingerprint density at radius 2 is 1.96 bits per heavy atom. The number of nitrogens with zero attached hydrogens (tertiary/aromatic N) is 1. The Labute approximate surface area is 165 Å². The third kappa shape index (κ3) is 5.15. The van der Waals surface area contributed by atoms with Gasteiger partial charge in [-0.1, -0.05) is 6.07 Å². The van der Waals surface area contributed by atoms with Gasteiger partial charge in [0.15, 0.2) is 15.0 Å². The Bertz CT molecular complexity index is 994. The number of hydrogen-bond donors (Lipinski definition) is 1. The molecule has 0 bridgehead atoms. The maximum absolute atomic E-state index is 12.3. The average molecular weight is 423 g/mol. The standard InChI is InChI=1S/C18H18N2O4S3/c1-24-13-6-8-14(9-7-13)27(22,23)11-3-5-17(21)20-18-19-15(12-26-18)16-4-2-10-25-16/h2,4,6-10,12H,3,5,11H2,1H3,(H,19,20,21). The van der Waals surface area contributed by atoms with Crippen LogP contribution in [-0.2, 0) is 14.6 Å². The molecule has 0 atom stereocenters. The zero-order valence-corrected chi connectivity index (χ0v) is 17.0. The van der Waals surface area contributed by atoms with Crippen LogP contribution in [0.4, 0.5) is 5.13 Å². The molecule has 3 rings (SSSR count). The number of methoxy groups -OCH3 is 1. The summed E-state index contributed by atoms with van der Waals surface area (Å²) >= 11 is 2.93. The second kappa shape index (κ2) is 8.64. The van der Waals surface area contributed by atoms with Gasteiger partial charge in [0.1, 0.15) is 5.75 Å². The lowest BCUT2D eigenvalue weighted by atomic mass is 10.3. The van der Waals surface area contributed by atoms with Crippen LogP contribution in [-0.4, -0.2) is 32.2 Å². The van der Waals surface area contributed by atoms with Crippen molar-refractivity contribution in [3.8, 4) is 16.3 Å². The molecule has 9 heteroatoms. The van der Waals surface area contributed by atoms with Gasteiger partial charge in [-0.3, -0.25) is 4.79 Å². The highest BCUT2D eigenvalue weighted by molar-refractivity contribution is 7.91. The number of hydrogen-bond acceptors (Lipinski definition) is 7. The van der Waals surface area contributed by atoms with Crippen LogP contribution in [0.2, 0.25) is 0 Å². The molecule has 0 radical (unpaired) electrons. The smallest absolute Gasteiger partial charge is 0.226 e. The summed E-state index contributed by atoms with van der Waals surface area (Å²) in [4.78, 5) is 17.7. The fraction of sp³-hybridized carbons (Fsp3) is 0.222. The van der Waals surface area contributed by atoms with Crippen LogP contribution in [0.25, 0.3) is 10.6 Å². The van der Waals surface area contributed by atoms with E-state index < -0.39 is 9.84 Å². The van der Waals surface area contributed by atoms with Gasteiger partial charge >= 0.3 is 0 Å². The molecular weight excluding hydrogens is 404 g/mol. The summed E-state index contributed by atoms with van der Waals surface area (Å²) in [6.07, 6.45) is 0.354. The molecule has 1 aromatic carbocycles. The third-order valence-electron chi connectivity index (χ3n) is 3.76. The van der Waals surface area contributed by atoms with E-state index in [-0.39, 0.29) is 29.4 Å². The van der Waals surface area contributed by atoms with Crippen LogP contribution in [0.3, 0.4) is 0 Å². The number of carbonyl (C=O) groups excluding carboxylic acids is 1. The molecule has 2 aromatic heterocycles. The van der Waals surface area contributed by atoms with E-state index in [4.69, 9.17) is 4.74 Å². The summed E-state index contributed by atoms with van der Waals surface area (Å²) < 4.78 is 29.7. The quantitative estimate of drug-likeness (QED) is 0.591. The number of carbonyl (C=O) groups is 1. The van der Waals surface area contributed by atoms with E-state index in [1.165, 1.54) is 30.6 Å². The van der Waals surface area contributed by atoms with Gasteiger partial charge in [0, 0.05) is 11.8 Å². The number of anilines is 1.